The molecule has 0 spiro atoms. The van der Waals surface area contributed by atoms with Crippen LogP contribution >= 0.6 is 22.7 Å². The fourth-order valence-electron chi connectivity index (χ4n) is 4.10. The molecule has 12 heteroatoms. The van der Waals surface area contributed by atoms with Crippen molar-refractivity contribution in [2.24, 2.45) is 5.92 Å². The number of amides is 2. The average molecular weight is 549 g/mol. The van der Waals surface area contributed by atoms with E-state index in [0.29, 0.717) is 24.1 Å². The molecule has 0 radical (unpaired) electrons. The van der Waals surface area contributed by atoms with Gasteiger partial charge in [-0.05, 0) is 42.7 Å². The van der Waals surface area contributed by atoms with Gasteiger partial charge in [-0.15, -0.1) is 22.7 Å². The van der Waals surface area contributed by atoms with Crippen LogP contribution in [0.5, 0.6) is 0 Å². The largest absolute Gasteiger partial charge is 0.344 e. The summed E-state index contributed by atoms with van der Waals surface area (Å²) in [5, 5.41) is 8.13. The quantitative estimate of drug-likeness (QED) is 0.446. The summed E-state index contributed by atoms with van der Waals surface area (Å²) >= 11 is 2.35. The highest BCUT2D eigenvalue weighted by Crippen LogP contribution is 2.25. The smallest absolute Gasteiger partial charge is 0.270 e. The first kappa shape index (κ1) is 26.4. The summed E-state index contributed by atoms with van der Waals surface area (Å²) in [4.78, 5) is 43.5. The molecule has 1 aromatic carbocycles. The molecule has 3 aromatic rings. The maximum absolute atomic E-state index is 13.2. The van der Waals surface area contributed by atoms with Crippen LogP contribution in [0.4, 0.5) is 0 Å². The average Bonchev–Trinajstić information content (AvgIpc) is 3.49. The van der Waals surface area contributed by atoms with Crippen LogP contribution in [0, 0.1) is 5.92 Å². The van der Waals surface area contributed by atoms with Crippen molar-refractivity contribution in [3.05, 3.63) is 46.8 Å². The third-order valence-corrected chi connectivity index (χ3v) is 10.0. The van der Waals surface area contributed by atoms with Crippen molar-refractivity contribution in [2.45, 2.75) is 49.5 Å². The Balaban J connectivity index is 1.44. The van der Waals surface area contributed by atoms with Crippen molar-refractivity contribution in [3.63, 3.8) is 0 Å². The molecule has 1 aliphatic heterocycles. The van der Waals surface area contributed by atoms with Gasteiger partial charge >= 0.3 is 0 Å². The number of Topliss-reactive ketones (excluding diaryl/α,β-unsaturated/α-hetero) is 1. The Labute approximate surface area is 218 Å². The molecule has 36 heavy (non-hydrogen) atoms. The van der Waals surface area contributed by atoms with Crippen LogP contribution in [0.15, 0.2) is 46.2 Å². The zero-order valence-corrected chi connectivity index (χ0v) is 22.4. The third-order valence-electron chi connectivity index (χ3n) is 5.89. The van der Waals surface area contributed by atoms with Crippen LogP contribution in [0.25, 0.3) is 10.1 Å². The zero-order chi connectivity index (χ0) is 25.9. The SMILES string of the molecule is CC(C)C[C@H](NC(=O)c1cc2ccccc2s1)C(=O)NC1CCCN(S(=O)(=O)c2nccs2)CC1=O. The Hall–Kier alpha value is -2.67. The van der Waals surface area contributed by atoms with Crippen molar-refractivity contribution in [3.8, 4) is 0 Å². The molecule has 0 aliphatic carbocycles. The molecule has 1 aliphatic rings. The molecule has 1 saturated heterocycles. The molecule has 2 amide bonds. The number of aromatic nitrogens is 1. The predicted molar refractivity (Wildman–Crippen MR) is 140 cm³/mol. The monoisotopic (exact) mass is 548 g/mol. The molecule has 9 nitrogen and oxygen atoms in total. The van der Waals surface area contributed by atoms with Gasteiger partial charge in [-0.3, -0.25) is 14.4 Å². The molecule has 2 N–H and O–H groups in total. The summed E-state index contributed by atoms with van der Waals surface area (Å²) in [5.41, 5.74) is 0. The molecular weight excluding hydrogens is 520 g/mol. The van der Waals surface area contributed by atoms with Crippen LogP contribution in [0.3, 0.4) is 0 Å². The van der Waals surface area contributed by atoms with Gasteiger partial charge < -0.3 is 10.6 Å². The number of fused-ring (bicyclic) bond motifs is 1. The second kappa shape index (κ2) is 11.2. The van der Waals surface area contributed by atoms with E-state index in [1.807, 2.05) is 38.1 Å². The molecule has 192 valence electrons. The minimum atomic E-state index is -3.87. The molecule has 1 unspecified atom stereocenters. The highest BCUT2D eigenvalue weighted by Gasteiger charge is 2.35. The molecular formula is C24H28N4O5S3. The number of thiazole rings is 1. The molecule has 3 heterocycles. The number of benzene rings is 1. The Morgan fingerprint density at radius 1 is 1.25 bits per heavy atom. The van der Waals surface area contributed by atoms with Crippen LogP contribution < -0.4 is 10.6 Å². The number of hydrogen-bond acceptors (Lipinski definition) is 8. The van der Waals surface area contributed by atoms with E-state index in [9.17, 15) is 22.8 Å². The van der Waals surface area contributed by atoms with Gasteiger partial charge in [0, 0.05) is 22.8 Å². The fourth-order valence-corrected chi connectivity index (χ4v) is 7.48. The van der Waals surface area contributed by atoms with Crippen LogP contribution in [-0.2, 0) is 19.6 Å². The molecule has 0 bridgehead atoms. The number of hydrogen-bond donors (Lipinski definition) is 2. The van der Waals surface area contributed by atoms with Crippen LogP contribution in [0.1, 0.15) is 42.8 Å². The van der Waals surface area contributed by atoms with Crippen molar-refractivity contribution >= 4 is 60.4 Å². The third kappa shape index (κ3) is 6.00. The zero-order valence-electron chi connectivity index (χ0n) is 20.0. The van der Waals surface area contributed by atoms with Gasteiger partial charge in [0.25, 0.3) is 15.9 Å². The molecule has 2 aromatic heterocycles. The number of nitrogens with zero attached hydrogens (tertiary/aromatic N) is 2. The number of rotatable bonds is 8. The predicted octanol–water partition coefficient (Wildman–Crippen LogP) is 3.04. The van der Waals surface area contributed by atoms with Gasteiger partial charge in [-0.2, -0.15) is 4.31 Å². The van der Waals surface area contributed by atoms with Crippen molar-refractivity contribution < 1.29 is 22.8 Å². The van der Waals surface area contributed by atoms with E-state index < -0.39 is 28.0 Å². The van der Waals surface area contributed by atoms with E-state index in [-0.39, 0.29) is 35.0 Å². The minimum absolute atomic E-state index is 0.0567. The second-order valence-electron chi connectivity index (χ2n) is 9.11. The summed E-state index contributed by atoms with van der Waals surface area (Å²) in [6.07, 6.45) is 2.52. The lowest BCUT2D eigenvalue weighted by Crippen LogP contribution is -2.52. The standard InChI is InChI=1S/C24H28N4O5S3/c1-15(2)12-18(27-23(31)21-13-16-6-3-4-8-20(16)35-21)22(30)26-17-7-5-10-28(14-19(17)29)36(32,33)24-25-9-11-34-24/h3-4,6,8-9,11,13,15,17-18H,5,7,10,12,14H2,1-2H3,(H,26,30)(H,27,31)/t17?,18-/m0/s1. The van der Waals surface area contributed by atoms with Gasteiger partial charge in [-0.1, -0.05) is 32.0 Å². The van der Waals surface area contributed by atoms with E-state index in [4.69, 9.17) is 0 Å². The van der Waals surface area contributed by atoms with E-state index in [2.05, 4.69) is 15.6 Å². The summed E-state index contributed by atoms with van der Waals surface area (Å²) in [7, 11) is -3.87. The Morgan fingerprint density at radius 2 is 2.03 bits per heavy atom. The van der Waals surface area contributed by atoms with Gasteiger partial charge in [0.2, 0.25) is 10.2 Å². The lowest BCUT2D eigenvalue weighted by molar-refractivity contribution is -0.129. The van der Waals surface area contributed by atoms with Crippen molar-refractivity contribution in [2.75, 3.05) is 13.1 Å². The summed E-state index contributed by atoms with van der Waals surface area (Å²) in [5.74, 6) is -1.06. The maximum Gasteiger partial charge on any atom is 0.270 e. The Kier molecular flexibility index (Phi) is 8.18. The maximum atomic E-state index is 13.2. The molecule has 1 fully saturated rings. The number of carbonyl (C=O) groups is 3. The van der Waals surface area contributed by atoms with E-state index in [1.165, 1.54) is 17.5 Å². The second-order valence-corrected chi connectivity index (χ2v) is 13.2. The molecule has 4 rings (SSSR count). The lowest BCUT2D eigenvalue weighted by Gasteiger charge is -2.23. The van der Waals surface area contributed by atoms with Gasteiger partial charge in [-0.25, -0.2) is 13.4 Å². The van der Waals surface area contributed by atoms with Crippen LogP contribution in [0.2, 0.25) is 0 Å². The first-order valence-electron chi connectivity index (χ1n) is 11.7. The highest BCUT2D eigenvalue weighted by molar-refractivity contribution is 7.91. The van der Waals surface area contributed by atoms with Crippen LogP contribution in [-0.4, -0.2) is 60.5 Å². The van der Waals surface area contributed by atoms with Gasteiger partial charge in [0.15, 0.2) is 5.78 Å². The highest BCUT2D eigenvalue weighted by atomic mass is 32.2. The molecule has 0 saturated carbocycles. The lowest BCUT2D eigenvalue weighted by atomic mass is 10.0. The number of ketones is 1. The number of thiophene rings is 1. The minimum Gasteiger partial charge on any atom is -0.344 e. The Morgan fingerprint density at radius 3 is 2.72 bits per heavy atom. The topological polar surface area (TPSA) is 126 Å². The van der Waals surface area contributed by atoms with Gasteiger partial charge in [0.1, 0.15) is 6.04 Å². The van der Waals surface area contributed by atoms with E-state index in [1.54, 1.807) is 11.4 Å². The number of sulfonamides is 1. The first-order chi connectivity index (χ1) is 17.1. The van der Waals surface area contributed by atoms with Gasteiger partial charge in [0.05, 0.1) is 17.5 Å². The van der Waals surface area contributed by atoms with E-state index >= 15 is 0 Å². The molecule has 2 atom stereocenters. The fraction of sp³-hybridized carbons (Fsp3) is 0.417. The van der Waals surface area contributed by atoms with Crippen molar-refractivity contribution in [1.29, 1.82) is 0 Å². The summed E-state index contributed by atoms with van der Waals surface area (Å²) < 4.78 is 27.7. The normalized spacial score (nSPS) is 18.2. The number of carbonyl (C=O) groups excluding carboxylic acids is 3. The van der Waals surface area contributed by atoms with Crippen molar-refractivity contribution in [1.82, 2.24) is 19.9 Å². The first-order valence-corrected chi connectivity index (χ1v) is 14.8. The summed E-state index contributed by atoms with van der Waals surface area (Å²) in [6.45, 7) is 3.72. The van der Waals surface area contributed by atoms with E-state index in [0.717, 1.165) is 25.7 Å². The number of nitrogens with one attached hydrogen (secondary N) is 2. The summed E-state index contributed by atoms with van der Waals surface area (Å²) in [6, 6.07) is 7.81. The Bertz CT molecular complexity index is 1320.